The third-order valence-electron chi connectivity index (χ3n) is 3.55. The molecular formula is C19H21N3O3. The van der Waals surface area contributed by atoms with Gasteiger partial charge in [0.15, 0.2) is 0 Å². The zero-order valence-electron chi connectivity index (χ0n) is 14.3. The molecule has 0 aliphatic rings. The number of aryl methyl sites for hydroxylation is 1. The molecule has 2 rings (SSSR count). The first-order chi connectivity index (χ1) is 12.0. The second-order valence-electron chi connectivity index (χ2n) is 5.49. The maximum absolute atomic E-state index is 12.1. The van der Waals surface area contributed by atoms with Crippen molar-refractivity contribution in [2.45, 2.75) is 13.8 Å². The quantitative estimate of drug-likeness (QED) is 0.753. The van der Waals surface area contributed by atoms with Gasteiger partial charge in [0.05, 0.1) is 6.54 Å². The van der Waals surface area contributed by atoms with Crippen LogP contribution in [0, 0.1) is 6.92 Å². The lowest BCUT2D eigenvalue weighted by Crippen LogP contribution is -2.33. The molecular weight excluding hydrogens is 318 g/mol. The molecule has 0 heterocycles. The molecule has 0 unspecified atom stereocenters. The zero-order chi connectivity index (χ0) is 18.2. The minimum atomic E-state index is -0.366. The summed E-state index contributed by atoms with van der Waals surface area (Å²) < 4.78 is 0. The van der Waals surface area contributed by atoms with Gasteiger partial charge in [-0.25, -0.2) is 0 Å². The van der Waals surface area contributed by atoms with Crippen LogP contribution >= 0.6 is 0 Å². The van der Waals surface area contributed by atoms with Gasteiger partial charge in [-0.15, -0.1) is 0 Å². The molecule has 0 aliphatic carbocycles. The first kappa shape index (κ1) is 18.2. The molecule has 0 bridgehead atoms. The number of hydrogen-bond donors (Lipinski definition) is 3. The van der Waals surface area contributed by atoms with Gasteiger partial charge < -0.3 is 16.0 Å². The Hall–Kier alpha value is -3.15. The highest BCUT2D eigenvalue weighted by atomic mass is 16.2. The molecule has 0 atom stereocenters. The Labute approximate surface area is 146 Å². The van der Waals surface area contributed by atoms with Crippen LogP contribution < -0.4 is 16.0 Å². The topological polar surface area (TPSA) is 87.3 Å². The van der Waals surface area contributed by atoms with Crippen molar-refractivity contribution in [1.29, 1.82) is 0 Å². The van der Waals surface area contributed by atoms with E-state index in [0.29, 0.717) is 23.4 Å². The summed E-state index contributed by atoms with van der Waals surface area (Å²) in [5.41, 5.74) is 2.34. The standard InChI is InChI=1S/C19H21N3O3/c1-3-20-18(24)14-8-6-9-15(11-14)22-17(23)12-21-19(25)16-10-5-4-7-13(16)2/h4-11H,3,12H2,1-2H3,(H,20,24)(H,21,25)(H,22,23). The van der Waals surface area contributed by atoms with Gasteiger partial charge in [0.1, 0.15) is 0 Å². The molecule has 2 aromatic carbocycles. The van der Waals surface area contributed by atoms with E-state index in [0.717, 1.165) is 5.56 Å². The maximum atomic E-state index is 12.1. The molecule has 0 radical (unpaired) electrons. The van der Waals surface area contributed by atoms with E-state index < -0.39 is 0 Å². The van der Waals surface area contributed by atoms with E-state index in [1.54, 1.807) is 36.4 Å². The van der Waals surface area contributed by atoms with Gasteiger partial charge >= 0.3 is 0 Å². The summed E-state index contributed by atoms with van der Waals surface area (Å²) in [5, 5.41) is 7.95. The Balaban J connectivity index is 1.92. The largest absolute Gasteiger partial charge is 0.352 e. The van der Waals surface area contributed by atoms with Crippen LogP contribution in [0.2, 0.25) is 0 Å². The Bertz CT molecular complexity index is 787. The van der Waals surface area contributed by atoms with Crippen LogP contribution in [0.1, 0.15) is 33.2 Å². The van der Waals surface area contributed by atoms with E-state index in [2.05, 4.69) is 16.0 Å². The van der Waals surface area contributed by atoms with Crippen molar-refractivity contribution in [3.05, 3.63) is 65.2 Å². The molecule has 3 amide bonds. The fourth-order valence-corrected chi connectivity index (χ4v) is 2.29. The van der Waals surface area contributed by atoms with Crippen LogP contribution in [-0.4, -0.2) is 30.8 Å². The molecule has 0 aliphatic heterocycles. The molecule has 130 valence electrons. The average Bonchev–Trinajstić information content (AvgIpc) is 2.60. The Kier molecular flexibility index (Phi) is 6.28. The lowest BCUT2D eigenvalue weighted by atomic mass is 10.1. The normalized spacial score (nSPS) is 10.0. The van der Waals surface area contributed by atoms with Crippen molar-refractivity contribution in [2.24, 2.45) is 0 Å². The first-order valence-corrected chi connectivity index (χ1v) is 8.03. The number of carbonyl (C=O) groups excluding carboxylic acids is 3. The van der Waals surface area contributed by atoms with Gasteiger partial charge in [0, 0.05) is 23.4 Å². The van der Waals surface area contributed by atoms with Crippen molar-refractivity contribution in [3.8, 4) is 0 Å². The van der Waals surface area contributed by atoms with E-state index in [1.807, 2.05) is 26.0 Å². The summed E-state index contributed by atoms with van der Waals surface area (Å²) in [5.74, 6) is -0.870. The van der Waals surface area contributed by atoms with Gasteiger partial charge in [0.25, 0.3) is 11.8 Å². The van der Waals surface area contributed by atoms with E-state index in [4.69, 9.17) is 0 Å². The van der Waals surface area contributed by atoms with Crippen LogP contribution in [0.25, 0.3) is 0 Å². The van der Waals surface area contributed by atoms with Crippen LogP contribution in [0.3, 0.4) is 0 Å². The Morgan fingerprint density at radius 2 is 1.68 bits per heavy atom. The van der Waals surface area contributed by atoms with Crippen LogP contribution in [-0.2, 0) is 4.79 Å². The average molecular weight is 339 g/mol. The highest BCUT2D eigenvalue weighted by Gasteiger charge is 2.11. The fourth-order valence-electron chi connectivity index (χ4n) is 2.29. The molecule has 3 N–H and O–H groups in total. The molecule has 0 spiro atoms. The second-order valence-corrected chi connectivity index (χ2v) is 5.49. The number of amides is 3. The van der Waals surface area contributed by atoms with Crippen molar-refractivity contribution < 1.29 is 14.4 Å². The Morgan fingerprint density at radius 1 is 0.920 bits per heavy atom. The van der Waals surface area contributed by atoms with E-state index in [9.17, 15) is 14.4 Å². The molecule has 6 nitrogen and oxygen atoms in total. The molecule has 0 saturated carbocycles. The van der Waals surface area contributed by atoms with Gasteiger partial charge in [-0.3, -0.25) is 14.4 Å². The lowest BCUT2D eigenvalue weighted by molar-refractivity contribution is -0.115. The molecule has 25 heavy (non-hydrogen) atoms. The third kappa shape index (κ3) is 5.17. The fraction of sp³-hybridized carbons (Fsp3) is 0.211. The molecule has 0 fully saturated rings. The number of carbonyl (C=O) groups is 3. The summed E-state index contributed by atoms with van der Waals surface area (Å²) in [6.07, 6.45) is 0. The monoisotopic (exact) mass is 339 g/mol. The van der Waals surface area contributed by atoms with Crippen molar-refractivity contribution >= 4 is 23.4 Å². The number of rotatable bonds is 6. The van der Waals surface area contributed by atoms with Crippen molar-refractivity contribution in [1.82, 2.24) is 10.6 Å². The molecule has 2 aromatic rings. The van der Waals surface area contributed by atoms with Crippen LogP contribution in [0.15, 0.2) is 48.5 Å². The summed E-state index contributed by atoms with van der Waals surface area (Å²) in [6, 6.07) is 13.8. The lowest BCUT2D eigenvalue weighted by Gasteiger charge is -2.09. The van der Waals surface area contributed by atoms with Crippen LogP contribution in [0.5, 0.6) is 0 Å². The Morgan fingerprint density at radius 3 is 2.40 bits per heavy atom. The molecule has 0 saturated heterocycles. The zero-order valence-corrected chi connectivity index (χ0v) is 14.3. The minimum Gasteiger partial charge on any atom is -0.352 e. The van der Waals surface area contributed by atoms with E-state index in [-0.39, 0.29) is 24.3 Å². The molecule has 0 aromatic heterocycles. The maximum Gasteiger partial charge on any atom is 0.251 e. The van der Waals surface area contributed by atoms with Gasteiger partial charge in [-0.2, -0.15) is 0 Å². The summed E-state index contributed by atoms with van der Waals surface area (Å²) in [7, 11) is 0. The van der Waals surface area contributed by atoms with Gasteiger partial charge in [-0.05, 0) is 43.7 Å². The second kappa shape index (κ2) is 8.63. The van der Waals surface area contributed by atoms with E-state index >= 15 is 0 Å². The SMILES string of the molecule is CCNC(=O)c1cccc(NC(=O)CNC(=O)c2ccccc2C)c1. The minimum absolute atomic E-state index is 0.154. The van der Waals surface area contributed by atoms with Crippen molar-refractivity contribution in [3.63, 3.8) is 0 Å². The summed E-state index contributed by atoms with van der Waals surface area (Å²) in [6.45, 7) is 4.04. The predicted octanol–water partition coefficient (Wildman–Crippen LogP) is 2.11. The van der Waals surface area contributed by atoms with Gasteiger partial charge in [-0.1, -0.05) is 24.3 Å². The number of hydrogen-bond acceptors (Lipinski definition) is 3. The third-order valence-corrected chi connectivity index (χ3v) is 3.55. The number of anilines is 1. The summed E-state index contributed by atoms with van der Waals surface area (Å²) in [4.78, 5) is 35.9. The highest BCUT2D eigenvalue weighted by Crippen LogP contribution is 2.11. The number of benzene rings is 2. The van der Waals surface area contributed by atoms with Crippen molar-refractivity contribution in [2.75, 3.05) is 18.4 Å². The van der Waals surface area contributed by atoms with Crippen LogP contribution in [0.4, 0.5) is 5.69 Å². The molecule has 6 heteroatoms. The number of nitrogens with one attached hydrogen (secondary N) is 3. The van der Waals surface area contributed by atoms with Gasteiger partial charge in [0.2, 0.25) is 5.91 Å². The van der Waals surface area contributed by atoms with E-state index in [1.165, 1.54) is 0 Å². The predicted molar refractivity (Wildman–Crippen MR) is 96.6 cm³/mol. The smallest absolute Gasteiger partial charge is 0.251 e. The highest BCUT2D eigenvalue weighted by molar-refractivity contribution is 6.01. The first-order valence-electron chi connectivity index (χ1n) is 8.03. The summed E-state index contributed by atoms with van der Waals surface area (Å²) >= 11 is 0.